The van der Waals surface area contributed by atoms with Gasteiger partial charge in [-0.2, -0.15) is 0 Å². The van der Waals surface area contributed by atoms with E-state index in [-0.39, 0.29) is 28.9 Å². The standard InChI is InChI=1S/C24H28ClN5O3S2/c1-26-22-29-30-23(34-22)35(31,32)28-13-14-33-19-8-3-16-9-12-27-21(20(16)15-19)24(10-2-11-24)17-4-6-18(25)7-5-17/h3-8,15,21,27-28H,2,9-14H2,1H3,(H,26,29). The Morgan fingerprint density at radius 3 is 2.69 bits per heavy atom. The number of halogens is 1. The maximum absolute atomic E-state index is 12.4. The first-order valence-electron chi connectivity index (χ1n) is 11.7. The highest BCUT2D eigenvalue weighted by Gasteiger charge is 2.47. The van der Waals surface area contributed by atoms with Crippen LogP contribution in [0, 0.1) is 0 Å². The molecule has 3 aromatic rings. The molecule has 11 heteroatoms. The molecule has 5 rings (SSSR count). The van der Waals surface area contributed by atoms with E-state index in [1.165, 1.54) is 23.1 Å². The largest absolute Gasteiger partial charge is 0.492 e. The molecule has 1 unspecified atom stereocenters. The third-order valence-electron chi connectivity index (χ3n) is 6.90. The van der Waals surface area contributed by atoms with Crippen molar-refractivity contribution in [3.63, 3.8) is 0 Å². The maximum Gasteiger partial charge on any atom is 0.269 e. The van der Waals surface area contributed by atoms with Crippen LogP contribution in [0.2, 0.25) is 5.02 Å². The summed E-state index contributed by atoms with van der Waals surface area (Å²) in [7, 11) is -2.05. The molecule has 0 radical (unpaired) electrons. The fourth-order valence-electron chi connectivity index (χ4n) is 5.02. The Labute approximate surface area is 214 Å². The lowest BCUT2D eigenvalue weighted by Gasteiger charge is -2.50. The molecule has 2 aliphatic rings. The molecule has 0 saturated heterocycles. The summed E-state index contributed by atoms with van der Waals surface area (Å²) in [5.74, 6) is 0.732. The van der Waals surface area contributed by atoms with Gasteiger partial charge in [0.15, 0.2) is 0 Å². The second kappa shape index (κ2) is 10.0. The van der Waals surface area contributed by atoms with Gasteiger partial charge in [0.25, 0.3) is 10.0 Å². The SMILES string of the molecule is CNc1nnc(S(=O)(=O)NCCOc2ccc3c(c2)C(C2(c4ccc(Cl)cc4)CCC2)NCC3)s1. The van der Waals surface area contributed by atoms with Gasteiger partial charge >= 0.3 is 0 Å². The zero-order valence-corrected chi connectivity index (χ0v) is 21.8. The van der Waals surface area contributed by atoms with Crippen molar-refractivity contribution < 1.29 is 13.2 Å². The van der Waals surface area contributed by atoms with Gasteiger partial charge in [-0.15, -0.1) is 10.2 Å². The molecule has 1 aliphatic carbocycles. The number of benzene rings is 2. The van der Waals surface area contributed by atoms with Crippen molar-refractivity contribution in [3.05, 3.63) is 64.2 Å². The van der Waals surface area contributed by atoms with Crippen molar-refractivity contribution in [1.29, 1.82) is 0 Å². The van der Waals surface area contributed by atoms with Gasteiger partial charge in [0.2, 0.25) is 9.47 Å². The minimum Gasteiger partial charge on any atom is -0.492 e. The molecule has 2 aromatic carbocycles. The lowest BCUT2D eigenvalue weighted by atomic mass is 9.58. The third kappa shape index (κ3) is 4.90. The normalized spacial score (nSPS) is 19.0. The van der Waals surface area contributed by atoms with Gasteiger partial charge in [-0.1, -0.05) is 47.6 Å². The third-order valence-corrected chi connectivity index (χ3v) is 9.92. The quantitative estimate of drug-likeness (QED) is 0.358. The highest BCUT2D eigenvalue weighted by molar-refractivity contribution is 7.91. The molecular formula is C24H28ClN5O3S2. The first-order valence-corrected chi connectivity index (χ1v) is 14.3. The lowest BCUT2D eigenvalue weighted by Crippen LogP contribution is -2.49. The van der Waals surface area contributed by atoms with Crippen LogP contribution in [0.1, 0.15) is 42.0 Å². The monoisotopic (exact) mass is 533 g/mol. The zero-order valence-electron chi connectivity index (χ0n) is 19.4. The van der Waals surface area contributed by atoms with Crippen LogP contribution in [-0.2, 0) is 21.9 Å². The number of aromatic nitrogens is 2. The second-order valence-corrected chi connectivity index (χ2v) is 12.2. The number of hydrogen-bond donors (Lipinski definition) is 3. The van der Waals surface area contributed by atoms with Crippen LogP contribution < -0.4 is 20.1 Å². The van der Waals surface area contributed by atoms with Gasteiger partial charge in [0.05, 0.1) is 0 Å². The smallest absolute Gasteiger partial charge is 0.269 e. The topological polar surface area (TPSA) is 105 Å². The number of nitrogens with one attached hydrogen (secondary N) is 3. The zero-order chi connectivity index (χ0) is 24.5. The van der Waals surface area contributed by atoms with Crippen LogP contribution in [0.15, 0.2) is 46.8 Å². The van der Waals surface area contributed by atoms with Crippen LogP contribution in [0.3, 0.4) is 0 Å². The Morgan fingerprint density at radius 1 is 1.20 bits per heavy atom. The molecule has 35 heavy (non-hydrogen) atoms. The number of hydrogen-bond acceptors (Lipinski definition) is 8. The number of fused-ring (bicyclic) bond motifs is 1. The molecule has 3 N–H and O–H groups in total. The predicted molar refractivity (Wildman–Crippen MR) is 138 cm³/mol. The maximum atomic E-state index is 12.4. The van der Waals surface area contributed by atoms with Gasteiger partial charge in [0, 0.05) is 30.1 Å². The molecule has 0 amide bonds. The molecule has 2 heterocycles. The highest BCUT2D eigenvalue weighted by atomic mass is 35.5. The summed E-state index contributed by atoms with van der Waals surface area (Å²) in [5.41, 5.74) is 3.95. The van der Waals surface area contributed by atoms with Gasteiger partial charge in [0.1, 0.15) is 12.4 Å². The summed E-state index contributed by atoms with van der Waals surface area (Å²) < 4.78 is 33.2. The average molecular weight is 534 g/mol. The minimum absolute atomic E-state index is 0.0436. The van der Waals surface area contributed by atoms with Crippen molar-refractivity contribution in [2.45, 2.75) is 41.5 Å². The number of nitrogens with zero attached hydrogens (tertiary/aromatic N) is 2. The minimum atomic E-state index is -3.72. The van der Waals surface area contributed by atoms with Gasteiger partial charge in [-0.25, -0.2) is 13.1 Å². The van der Waals surface area contributed by atoms with E-state index in [0.29, 0.717) is 5.13 Å². The molecule has 1 aliphatic heterocycles. The average Bonchev–Trinajstić information content (AvgIpc) is 3.33. The first kappa shape index (κ1) is 24.5. The van der Waals surface area contributed by atoms with E-state index in [0.717, 1.165) is 47.9 Å². The molecule has 8 nitrogen and oxygen atoms in total. The first-order chi connectivity index (χ1) is 16.9. The van der Waals surface area contributed by atoms with Crippen molar-refractivity contribution in [2.75, 3.05) is 32.1 Å². The van der Waals surface area contributed by atoms with Crippen molar-refractivity contribution in [2.24, 2.45) is 0 Å². The van der Waals surface area contributed by atoms with E-state index >= 15 is 0 Å². The Kier molecular flexibility index (Phi) is 7.00. The highest BCUT2D eigenvalue weighted by Crippen LogP contribution is 2.53. The molecule has 186 valence electrons. The number of anilines is 1. The molecule has 1 atom stereocenters. The summed E-state index contributed by atoms with van der Waals surface area (Å²) in [5, 5.41) is 15.3. The predicted octanol–water partition coefficient (Wildman–Crippen LogP) is 3.90. The lowest BCUT2D eigenvalue weighted by molar-refractivity contribution is 0.164. The molecule has 1 aromatic heterocycles. The second-order valence-electron chi connectivity index (χ2n) is 8.88. The van der Waals surface area contributed by atoms with Crippen molar-refractivity contribution >= 4 is 38.1 Å². The number of ether oxygens (including phenoxy) is 1. The number of rotatable bonds is 9. The van der Waals surface area contributed by atoms with Crippen LogP contribution in [-0.4, -0.2) is 45.4 Å². The Bertz CT molecular complexity index is 1290. The fourth-order valence-corrected chi connectivity index (χ4v) is 7.06. The van der Waals surface area contributed by atoms with E-state index in [4.69, 9.17) is 16.3 Å². The Hall–Kier alpha value is -2.24. The van der Waals surface area contributed by atoms with Crippen LogP contribution in [0.4, 0.5) is 5.13 Å². The Morgan fingerprint density at radius 2 is 2.00 bits per heavy atom. The van der Waals surface area contributed by atoms with E-state index in [9.17, 15) is 8.42 Å². The molecule has 1 saturated carbocycles. The Balaban J connectivity index is 1.28. The van der Waals surface area contributed by atoms with E-state index < -0.39 is 10.0 Å². The van der Waals surface area contributed by atoms with Crippen LogP contribution in [0.25, 0.3) is 0 Å². The van der Waals surface area contributed by atoms with E-state index in [2.05, 4.69) is 49.8 Å². The van der Waals surface area contributed by atoms with Crippen molar-refractivity contribution in [1.82, 2.24) is 20.2 Å². The van der Waals surface area contributed by atoms with Gasteiger partial charge < -0.3 is 15.4 Å². The molecule has 1 fully saturated rings. The van der Waals surface area contributed by atoms with E-state index in [1.54, 1.807) is 7.05 Å². The number of sulfonamides is 1. The van der Waals surface area contributed by atoms with Gasteiger partial charge in [-0.05, 0) is 66.8 Å². The summed E-state index contributed by atoms with van der Waals surface area (Å²) >= 11 is 7.14. The van der Waals surface area contributed by atoms with Crippen LogP contribution in [0.5, 0.6) is 5.75 Å². The summed E-state index contributed by atoms with van der Waals surface area (Å²) in [6.07, 6.45) is 4.43. The molecular weight excluding hydrogens is 506 g/mol. The summed E-state index contributed by atoms with van der Waals surface area (Å²) in [6.45, 7) is 1.27. The summed E-state index contributed by atoms with van der Waals surface area (Å²) in [6, 6.07) is 14.7. The molecule has 0 bridgehead atoms. The van der Waals surface area contributed by atoms with Crippen molar-refractivity contribution in [3.8, 4) is 5.75 Å². The van der Waals surface area contributed by atoms with Crippen LogP contribution >= 0.6 is 22.9 Å². The fraction of sp³-hybridized carbons (Fsp3) is 0.417. The van der Waals surface area contributed by atoms with E-state index in [1.807, 2.05) is 18.2 Å². The summed E-state index contributed by atoms with van der Waals surface area (Å²) in [4.78, 5) is 0. The molecule has 0 spiro atoms. The van der Waals surface area contributed by atoms with Gasteiger partial charge in [-0.3, -0.25) is 0 Å².